The number of carbonyl (C=O) groups excluding carboxylic acids is 4. The van der Waals surface area contributed by atoms with E-state index < -0.39 is 48.6 Å². The number of likely N-dealkylation sites (tertiary alicyclic amines) is 1. The Kier molecular flexibility index (Phi) is 7.92. The number of esters is 2. The van der Waals surface area contributed by atoms with Gasteiger partial charge in [0.05, 0.1) is 24.3 Å². The number of nitrogens with zero attached hydrogens (tertiary/aromatic N) is 1. The topological polar surface area (TPSA) is 115 Å². The number of halogens is 3. The summed E-state index contributed by atoms with van der Waals surface area (Å²) in [6.07, 6.45) is -6.54. The van der Waals surface area contributed by atoms with E-state index in [1.807, 2.05) is 0 Å². The molecule has 0 saturated carbocycles. The third-order valence-corrected chi connectivity index (χ3v) is 5.18. The van der Waals surface area contributed by atoms with Crippen LogP contribution in [-0.4, -0.2) is 72.8 Å². The Hall–Kier alpha value is -3.05. The number of rotatable bonds is 6. The maximum Gasteiger partial charge on any atom is 0.422 e. The van der Waals surface area contributed by atoms with Crippen LogP contribution in [0.15, 0.2) is 0 Å². The monoisotopic (exact) mass is 462 g/mol. The molecule has 1 aliphatic rings. The molecule has 2 heterocycles. The number of hydrogen-bond acceptors (Lipinski definition) is 7. The summed E-state index contributed by atoms with van der Waals surface area (Å²) in [5, 5.41) is 0. The second-order valence-electron chi connectivity index (χ2n) is 7.49. The first-order valence-electron chi connectivity index (χ1n) is 9.86. The van der Waals surface area contributed by atoms with Gasteiger partial charge >= 0.3 is 24.2 Å². The largest absolute Gasteiger partial charge is 0.465 e. The molecule has 0 radical (unpaired) electrons. The Morgan fingerprint density at radius 2 is 1.75 bits per heavy atom. The molecule has 0 aromatic carbocycles. The molecule has 1 atom stereocenters. The molecule has 1 amide bonds. The summed E-state index contributed by atoms with van der Waals surface area (Å²) in [6.45, 7) is 2.96. The van der Waals surface area contributed by atoms with Crippen molar-refractivity contribution in [2.75, 3.05) is 26.8 Å². The predicted octanol–water partition coefficient (Wildman–Crippen LogP) is 2.94. The van der Waals surface area contributed by atoms with Crippen molar-refractivity contribution in [2.45, 2.75) is 45.9 Å². The smallest absolute Gasteiger partial charge is 0.422 e. The summed E-state index contributed by atoms with van der Waals surface area (Å²) < 4.78 is 50.7. The minimum absolute atomic E-state index is 0.0240. The number of ketones is 1. The van der Waals surface area contributed by atoms with Crippen LogP contribution in [-0.2, 0) is 19.0 Å². The normalized spacial score (nSPS) is 15.8. The highest BCUT2D eigenvalue weighted by molar-refractivity contribution is 6.04. The SMILES string of the molecule is COC(=O)c1c(C)[nH]c(C(=O)C(C)OC(=O)C2CCN(C(=O)OCC(F)(F)F)CC2)c1C. The lowest BCUT2D eigenvalue weighted by Gasteiger charge is -2.30. The van der Waals surface area contributed by atoms with Gasteiger partial charge in [-0.05, 0) is 39.2 Å². The number of amides is 1. The van der Waals surface area contributed by atoms with Gasteiger partial charge in [0, 0.05) is 18.8 Å². The highest BCUT2D eigenvalue weighted by Crippen LogP contribution is 2.24. The maximum absolute atomic E-state index is 12.7. The highest BCUT2D eigenvalue weighted by Gasteiger charge is 2.34. The molecule has 32 heavy (non-hydrogen) atoms. The van der Waals surface area contributed by atoms with Crippen molar-refractivity contribution in [1.82, 2.24) is 9.88 Å². The van der Waals surface area contributed by atoms with Gasteiger partial charge in [0.2, 0.25) is 5.78 Å². The maximum atomic E-state index is 12.7. The molecular formula is C20H25F3N2O7. The molecular weight excluding hydrogens is 437 g/mol. The second-order valence-corrected chi connectivity index (χ2v) is 7.49. The number of aromatic nitrogens is 1. The number of ether oxygens (including phenoxy) is 3. The van der Waals surface area contributed by atoms with Gasteiger partial charge in [-0.15, -0.1) is 0 Å². The van der Waals surface area contributed by atoms with Crippen LogP contribution >= 0.6 is 0 Å². The van der Waals surface area contributed by atoms with Gasteiger partial charge in [0.25, 0.3) is 0 Å². The summed E-state index contributed by atoms with van der Waals surface area (Å²) in [5.74, 6) is -2.39. The Balaban J connectivity index is 1.92. The number of aryl methyl sites for hydroxylation is 1. The lowest BCUT2D eigenvalue weighted by molar-refractivity contribution is -0.163. The number of carbonyl (C=O) groups is 4. The minimum atomic E-state index is -4.62. The van der Waals surface area contributed by atoms with Crippen molar-refractivity contribution < 1.29 is 46.6 Å². The molecule has 1 N–H and O–H groups in total. The summed E-state index contributed by atoms with van der Waals surface area (Å²) in [6, 6.07) is 0. The van der Waals surface area contributed by atoms with Crippen LogP contribution in [0.5, 0.6) is 0 Å². The molecule has 9 nitrogen and oxygen atoms in total. The van der Waals surface area contributed by atoms with Gasteiger partial charge in [0.1, 0.15) is 0 Å². The standard InChI is InChI=1S/C20H25F3N2O7/c1-10-14(18(28)30-4)11(2)24-15(10)16(26)12(3)32-17(27)13-5-7-25(8-6-13)19(29)31-9-20(21,22)23/h12-13,24H,5-9H2,1-4H3. The van der Waals surface area contributed by atoms with Crippen molar-refractivity contribution in [2.24, 2.45) is 5.92 Å². The van der Waals surface area contributed by atoms with Crippen LogP contribution in [0, 0.1) is 19.8 Å². The number of aromatic amines is 1. The van der Waals surface area contributed by atoms with E-state index in [-0.39, 0.29) is 37.2 Å². The molecule has 178 valence electrons. The summed E-state index contributed by atoms with van der Waals surface area (Å²) >= 11 is 0. The van der Waals surface area contributed by atoms with E-state index in [2.05, 4.69) is 9.72 Å². The first-order chi connectivity index (χ1) is 14.9. The molecule has 1 fully saturated rings. The van der Waals surface area contributed by atoms with Crippen molar-refractivity contribution >= 4 is 23.8 Å². The second kappa shape index (κ2) is 10.0. The Morgan fingerprint density at radius 1 is 1.16 bits per heavy atom. The first kappa shape index (κ1) is 25.2. The van der Waals surface area contributed by atoms with Gasteiger partial charge in [-0.25, -0.2) is 9.59 Å². The van der Waals surface area contributed by atoms with E-state index in [1.165, 1.54) is 14.0 Å². The summed E-state index contributed by atoms with van der Waals surface area (Å²) in [7, 11) is 1.22. The zero-order valence-corrected chi connectivity index (χ0v) is 18.1. The summed E-state index contributed by atoms with van der Waals surface area (Å²) in [5.41, 5.74) is 1.19. The average molecular weight is 462 g/mol. The third kappa shape index (κ3) is 6.01. The van der Waals surface area contributed by atoms with Crippen molar-refractivity contribution in [3.63, 3.8) is 0 Å². The fourth-order valence-electron chi connectivity index (χ4n) is 3.46. The molecule has 2 rings (SSSR count). The van der Waals surface area contributed by atoms with E-state index in [4.69, 9.17) is 9.47 Å². The summed E-state index contributed by atoms with van der Waals surface area (Å²) in [4.78, 5) is 52.7. The third-order valence-electron chi connectivity index (χ3n) is 5.18. The van der Waals surface area contributed by atoms with Crippen LogP contribution in [0.25, 0.3) is 0 Å². The lowest BCUT2D eigenvalue weighted by Crippen LogP contribution is -2.42. The van der Waals surface area contributed by atoms with E-state index in [9.17, 15) is 32.3 Å². The number of Topliss-reactive ketones (excluding diaryl/α,β-unsaturated/α-hetero) is 1. The van der Waals surface area contributed by atoms with Gasteiger partial charge in [-0.3, -0.25) is 9.59 Å². The predicted molar refractivity (Wildman–Crippen MR) is 103 cm³/mol. The van der Waals surface area contributed by atoms with Gasteiger partial charge in [0.15, 0.2) is 12.7 Å². The molecule has 0 bridgehead atoms. The van der Waals surface area contributed by atoms with Gasteiger partial charge < -0.3 is 24.1 Å². The molecule has 0 spiro atoms. The molecule has 0 aliphatic carbocycles. The van der Waals surface area contributed by atoms with Crippen molar-refractivity contribution in [3.8, 4) is 0 Å². The number of hydrogen-bond donors (Lipinski definition) is 1. The Labute approximate surface area is 182 Å². The van der Waals surface area contributed by atoms with E-state index >= 15 is 0 Å². The first-order valence-corrected chi connectivity index (χ1v) is 9.86. The number of nitrogens with one attached hydrogen (secondary N) is 1. The van der Waals surface area contributed by atoms with Gasteiger partial charge in [-0.2, -0.15) is 13.2 Å². The Bertz CT molecular complexity index is 886. The molecule has 1 aromatic rings. The van der Waals surface area contributed by atoms with E-state index in [0.717, 1.165) is 4.90 Å². The van der Waals surface area contributed by atoms with Crippen molar-refractivity contribution in [1.29, 1.82) is 0 Å². The fraction of sp³-hybridized carbons (Fsp3) is 0.600. The van der Waals surface area contributed by atoms with E-state index in [0.29, 0.717) is 11.3 Å². The molecule has 1 aromatic heterocycles. The lowest BCUT2D eigenvalue weighted by atomic mass is 9.97. The number of alkyl halides is 3. The quantitative estimate of drug-likeness (QED) is 0.393. The highest BCUT2D eigenvalue weighted by atomic mass is 19.4. The molecule has 1 unspecified atom stereocenters. The van der Waals surface area contributed by atoms with Gasteiger partial charge in [-0.1, -0.05) is 0 Å². The number of piperidine rings is 1. The van der Waals surface area contributed by atoms with E-state index in [1.54, 1.807) is 13.8 Å². The molecule has 1 aliphatic heterocycles. The van der Waals surface area contributed by atoms with Crippen LogP contribution in [0.4, 0.5) is 18.0 Å². The van der Waals surface area contributed by atoms with Crippen LogP contribution in [0.1, 0.15) is 51.9 Å². The van der Waals surface area contributed by atoms with Crippen LogP contribution < -0.4 is 0 Å². The zero-order valence-electron chi connectivity index (χ0n) is 18.1. The Morgan fingerprint density at radius 3 is 2.28 bits per heavy atom. The van der Waals surface area contributed by atoms with Crippen molar-refractivity contribution in [3.05, 3.63) is 22.5 Å². The number of H-pyrrole nitrogens is 1. The zero-order chi connectivity index (χ0) is 24.2. The fourth-order valence-corrected chi connectivity index (χ4v) is 3.46. The average Bonchev–Trinajstić information content (AvgIpc) is 3.04. The van der Waals surface area contributed by atoms with Crippen LogP contribution in [0.2, 0.25) is 0 Å². The molecule has 12 heteroatoms. The molecule has 1 saturated heterocycles. The number of methoxy groups -OCH3 is 1. The van der Waals surface area contributed by atoms with Crippen LogP contribution in [0.3, 0.4) is 0 Å². The minimum Gasteiger partial charge on any atom is -0.465 e.